The Kier molecular flexibility index (Phi) is 6.04. The maximum Gasteiger partial charge on any atom is 0.269 e. The maximum atomic E-state index is 12.1. The van der Waals surface area contributed by atoms with Crippen LogP contribution in [0.25, 0.3) is 16.9 Å². The summed E-state index contributed by atoms with van der Waals surface area (Å²) in [5.41, 5.74) is 4.30. The first kappa shape index (κ1) is 20.0. The van der Waals surface area contributed by atoms with Crippen LogP contribution < -0.4 is 10.6 Å². The van der Waals surface area contributed by atoms with E-state index in [0.29, 0.717) is 18.8 Å². The molecular formula is C22H21BrN6O. The number of carbonyl (C=O) groups is 1. The zero-order valence-corrected chi connectivity index (χ0v) is 18.1. The first-order valence-electron chi connectivity index (χ1n) is 9.67. The van der Waals surface area contributed by atoms with E-state index in [2.05, 4.69) is 55.7 Å². The van der Waals surface area contributed by atoms with Gasteiger partial charge in [0.05, 0.1) is 16.4 Å². The van der Waals surface area contributed by atoms with Crippen LogP contribution in [0.1, 0.15) is 22.5 Å². The van der Waals surface area contributed by atoms with E-state index in [-0.39, 0.29) is 5.91 Å². The number of aryl methyl sites for hydroxylation is 1. The molecule has 0 atom stereocenters. The number of hydrogen-bond acceptors (Lipinski definition) is 5. The number of fused-ring (bicyclic) bond motifs is 1. The van der Waals surface area contributed by atoms with Gasteiger partial charge in [-0.15, -0.1) is 0 Å². The van der Waals surface area contributed by atoms with Crippen molar-refractivity contribution in [2.75, 3.05) is 18.4 Å². The topological polar surface area (TPSA) is 84.2 Å². The summed E-state index contributed by atoms with van der Waals surface area (Å²) in [6.45, 7) is 3.29. The van der Waals surface area contributed by atoms with Crippen LogP contribution in [0.2, 0.25) is 0 Å². The molecule has 4 rings (SSSR count). The molecule has 0 saturated heterocycles. The molecule has 4 aromatic rings. The molecule has 30 heavy (non-hydrogen) atoms. The summed E-state index contributed by atoms with van der Waals surface area (Å²) in [7, 11) is 0. The van der Waals surface area contributed by atoms with Crippen LogP contribution in [-0.4, -0.2) is 38.6 Å². The molecule has 152 valence electrons. The second-order valence-corrected chi connectivity index (χ2v) is 7.68. The van der Waals surface area contributed by atoms with Gasteiger partial charge in [0.25, 0.3) is 5.91 Å². The van der Waals surface area contributed by atoms with Crippen molar-refractivity contribution in [3.05, 3.63) is 76.7 Å². The molecule has 7 nitrogen and oxygen atoms in total. The Morgan fingerprint density at radius 3 is 2.77 bits per heavy atom. The zero-order valence-electron chi connectivity index (χ0n) is 16.5. The lowest BCUT2D eigenvalue weighted by molar-refractivity contribution is 0.0948. The molecule has 3 heterocycles. The molecular weight excluding hydrogens is 444 g/mol. The fourth-order valence-electron chi connectivity index (χ4n) is 3.15. The third-order valence-corrected chi connectivity index (χ3v) is 5.25. The molecule has 0 aliphatic carbocycles. The van der Waals surface area contributed by atoms with E-state index in [9.17, 15) is 4.79 Å². The largest absolute Gasteiger partial charge is 0.370 e. The summed E-state index contributed by atoms with van der Waals surface area (Å²) in [6, 6.07) is 15.5. The number of amides is 1. The lowest BCUT2D eigenvalue weighted by atomic mass is 10.1. The number of carbonyl (C=O) groups excluding carboxylic acids is 1. The van der Waals surface area contributed by atoms with Crippen molar-refractivity contribution in [3.63, 3.8) is 0 Å². The summed E-state index contributed by atoms with van der Waals surface area (Å²) in [6.07, 6.45) is 4.10. The number of rotatable bonds is 7. The number of pyridine rings is 1. The predicted octanol–water partition coefficient (Wildman–Crippen LogP) is 4.09. The lowest BCUT2D eigenvalue weighted by Gasteiger charge is -2.12. The fraction of sp³-hybridized carbons (Fsp3) is 0.182. The van der Waals surface area contributed by atoms with Crippen molar-refractivity contribution >= 4 is 33.3 Å². The Morgan fingerprint density at radius 2 is 1.97 bits per heavy atom. The molecule has 8 heteroatoms. The molecule has 3 aromatic heterocycles. The Labute approximate surface area is 182 Å². The van der Waals surface area contributed by atoms with E-state index >= 15 is 0 Å². The van der Waals surface area contributed by atoms with Gasteiger partial charge in [-0.25, -0.2) is 4.98 Å². The van der Waals surface area contributed by atoms with E-state index in [1.54, 1.807) is 35.1 Å². The summed E-state index contributed by atoms with van der Waals surface area (Å²) < 4.78 is 2.61. The van der Waals surface area contributed by atoms with Crippen LogP contribution in [0.15, 0.2) is 65.4 Å². The first-order valence-corrected chi connectivity index (χ1v) is 10.5. The van der Waals surface area contributed by atoms with Gasteiger partial charge >= 0.3 is 0 Å². The summed E-state index contributed by atoms with van der Waals surface area (Å²) >= 11 is 3.53. The van der Waals surface area contributed by atoms with Gasteiger partial charge in [0.15, 0.2) is 5.65 Å². The van der Waals surface area contributed by atoms with Crippen molar-refractivity contribution in [1.82, 2.24) is 24.9 Å². The van der Waals surface area contributed by atoms with Gasteiger partial charge in [-0.3, -0.25) is 9.78 Å². The van der Waals surface area contributed by atoms with Crippen LogP contribution in [0, 0.1) is 6.92 Å². The molecule has 0 unspecified atom stereocenters. The average Bonchev–Trinajstić information content (AvgIpc) is 3.15. The molecule has 0 aliphatic rings. The highest BCUT2D eigenvalue weighted by molar-refractivity contribution is 9.10. The molecule has 1 amide bonds. The van der Waals surface area contributed by atoms with Crippen molar-refractivity contribution < 1.29 is 4.79 Å². The molecule has 0 saturated carbocycles. The Bertz CT molecular complexity index is 1170. The number of nitrogens with one attached hydrogen (secondary N) is 2. The van der Waals surface area contributed by atoms with Gasteiger partial charge in [0, 0.05) is 30.9 Å². The number of nitrogens with zero attached hydrogens (tertiary/aromatic N) is 4. The first-order chi connectivity index (χ1) is 14.6. The summed E-state index contributed by atoms with van der Waals surface area (Å²) in [4.78, 5) is 20.9. The summed E-state index contributed by atoms with van der Waals surface area (Å²) in [5.74, 6) is 0.680. The lowest BCUT2D eigenvalue weighted by Crippen LogP contribution is -2.26. The van der Waals surface area contributed by atoms with E-state index in [1.807, 2.05) is 18.2 Å². The average molecular weight is 465 g/mol. The Hall–Kier alpha value is -3.26. The zero-order chi connectivity index (χ0) is 20.9. The van der Waals surface area contributed by atoms with Gasteiger partial charge in [0.1, 0.15) is 11.5 Å². The van der Waals surface area contributed by atoms with Crippen molar-refractivity contribution in [1.29, 1.82) is 0 Å². The minimum atomic E-state index is -0.167. The normalized spacial score (nSPS) is 10.9. The monoisotopic (exact) mass is 464 g/mol. The second-order valence-electron chi connectivity index (χ2n) is 6.82. The highest BCUT2D eigenvalue weighted by Gasteiger charge is 2.12. The van der Waals surface area contributed by atoms with Crippen LogP contribution >= 0.6 is 15.9 Å². The Morgan fingerprint density at radius 1 is 1.13 bits per heavy atom. The van der Waals surface area contributed by atoms with Crippen LogP contribution in [0.5, 0.6) is 0 Å². The molecule has 1 aromatic carbocycles. The van der Waals surface area contributed by atoms with Crippen LogP contribution in [0.4, 0.5) is 5.82 Å². The minimum Gasteiger partial charge on any atom is -0.370 e. The maximum absolute atomic E-state index is 12.1. The highest BCUT2D eigenvalue weighted by atomic mass is 79.9. The quantitative estimate of drug-likeness (QED) is 0.402. The van der Waals surface area contributed by atoms with Gasteiger partial charge in [-0.1, -0.05) is 30.3 Å². The van der Waals surface area contributed by atoms with Crippen LogP contribution in [-0.2, 0) is 0 Å². The molecule has 2 N–H and O–H groups in total. The van der Waals surface area contributed by atoms with Crippen LogP contribution in [0.3, 0.4) is 0 Å². The number of anilines is 1. The Balaban J connectivity index is 1.45. The fourth-order valence-corrected chi connectivity index (χ4v) is 3.50. The van der Waals surface area contributed by atoms with Gasteiger partial charge in [-0.05, 0) is 47.0 Å². The van der Waals surface area contributed by atoms with E-state index in [1.165, 1.54) is 0 Å². The smallest absolute Gasteiger partial charge is 0.269 e. The van der Waals surface area contributed by atoms with Crippen molar-refractivity contribution in [3.8, 4) is 11.3 Å². The number of aromatic nitrogens is 4. The predicted molar refractivity (Wildman–Crippen MR) is 121 cm³/mol. The van der Waals surface area contributed by atoms with Crippen molar-refractivity contribution in [2.45, 2.75) is 13.3 Å². The molecule has 0 radical (unpaired) electrons. The van der Waals surface area contributed by atoms with E-state index < -0.39 is 0 Å². The molecule has 0 aliphatic heterocycles. The van der Waals surface area contributed by atoms with Gasteiger partial charge < -0.3 is 10.6 Å². The van der Waals surface area contributed by atoms with Crippen molar-refractivity contribution in [2.24, 2.45) is 0 Å². The van der Waals surface area contributed by atoms with E-state index in [4.69, 9.17) is 4.98 Å². The second kappa shape index (κ2) is 9.04. The number of hydrogen-bond donors (Lipinski definition) is 2. The number of halogens is 1. The minimum absolute atomic E-state index is 0.167. The molecule has 0 bridgehead atoms. The SMILES string of the molecule is Cc1ccccc1-c1cc(NCCCNC(=O)c2ccccn2)n2ncc(Br)c2n1. The molecule has 0 spiro atoms. The third kappa shape index (κ3) is 4.33. The standard InChI is InChI=1S/C22H21BrN6O/c1-15-7-2-3-8-16(15)19-13-20(29-21(28-19)17(23)14-27-29)25-11-6-12-26-22(30)18-9-4-5-10-24-18/h2-5,7-10,13-14,25H,6,11-12H2,1H3,(H,26,30). The van der Waals surface area contributed by atoms with E-state index in [0.717, 1.165) is 39.2 Å². The highest BCUT2D eigenvalue weighted by Crippen LogP contribution is 2.27. The van der Waals surface area contributed by atoms with Gasteiger partial charge in [0.2, 0.25) is 0 Å². The summed E-state index contributed by atoms with van der Waals surface area (Å²) in [5, 5.41) is 10.7. The van der Waals surface area contributed by atoms with Gasteiger partial charge in [-0.2, -0.15) is 9.61 Å². The number of benzene rings is 1. The third-order valence-electron chi connectivity index (χ3n) is 4.69. The molecule has 0 fully saturated rings.